The molecular formula is C16H21NO4S. The normalized spacial score (nSPS) is 29.2. The monoisotopic (exact) mass is 323 g/mol. The van der Waals surface area contributed by atoms with Crippen LogP contribution in [-0.4, -0.2) is 35.9 Å². The van der Waals surface area contributed by atoms with Gasteiger partial charge in [-0.2, -0.15) is 4.31 Å². The number of hydrogen-bond donors (Lipinski definition) is 1. The third-order valence-electron chi connectivity index (χ3n) is 4.91. The first-order valence-corrected chi connectivity index (χ1v) is 9.18. The Balaban J connectivity index is 2.01. The van der Waals surface area contributed by atoms with Crippen molar-refractivity contribution in [2.45, 2.75) is 56.0 Å². The molecule has 0 aromatic heterocycles. The summed E-state index contributed by atoms with van der Waals surface area (Å²) >= 11 is 0. The summed E-state index contributed by atoms with van der Waals surface area (Å²) in [6, 6.07) is 5.54. The Morgan fingerprint density at radius 3 is 2.45 bits per heavy atom. The number of nitrogens with zero attached hydrogens (tertiary/aromatic N) is 1. The van der Waals surface area contributed by atoms with Crippen molar-refractivity contribution in [2.24, 2.45) is 5.92 Å². The van der Waals surface area contributed by atoms with Crippen molar-refractivity contribution in [1.29, 1.82) is 0 Å². The van der Waals surface area contributed by atoms with E-state index in [-0.39, 0.29) is 16.9 Å². The number of benzene rings is 1. The largest absolute Gasteiger partial charge is 0.480 e. The van der Waals surface area contributed by atoms with Gasteiger partial charge in [0.25, 0.3) is 0 Å². The van der Waals surface area contributed by atoms with E-state index in [4.69, 9.17) is 0 Å². The van der Waals surface area contributed by atoms with Crippen LogP contribution in [0.1, 0.15) is 37.7 Å². The summed E-state index contributed by atoms with van der Waals surface area (Å²) in [6.45, 7) is 1.89. The summed E-state index contributed by atoms with van der Waals surface area (Å²) in [4.78, 5) is 11.8. The summed E-state index contributed by atoms with van der Waals surface area (Å²) < 4.78 is 27.2. The van der Waals surface area contributed by atoms with Crippen molar-refractivity contribution < 1.29 is 18.3 Å². The molecule has 1 unspecified atom stereocenters. The minimum Gasteiger partial charge on any atom is -0.480 e. The van der Waals surface area contributed by atoms with Crippen molar-refractivity contribution in [3.8, 4) is 0 Å². The molecule has 1 aromatic carbocycles. The maximum atomic E-state index is 13.0. The fraction of sp³-hybridized carbons (Fsp3) is 0.562. The number of sulfonamides is 1. The zero-order chi connectivity index (χ0) is 15.9. The summed E-state index contributed by atoms with van der Waals surface area (Å²) in [5, 5.41) is 9.48. The summed E-state index contributed by atoms with van der Waals surface area (Å²) in [5.41, 5.74) is 0.977. The van der Waals surface area contributed by atoms with E-state index in [9.17, 15) is 18.3 Å². The van der Waals surface area contributed by atoms with Crippen LogP contribution in [0.4, 0.5) is 0 Å². The highest BCUT2D eigenvalue weighted by atomic mass is 32.2. The lowest BCUT2D eigenvalue weighted by Crippen LogP contribution is -2.46. The van der Waals surface area contributed by atoms with Crippen LogP contribution in [0.5, 0.6) is 0 Å². The third kappa shape index (κ3) is 2.54. The lowest BCUT2D eigenvalue weighted by molar-refractivity contribution is -0.141. The van der Waals surface area contributed by atoms with Gasteiger partial charge in [-0.25, -0.2) is 8.42 Å². The Hall–Kier alpha value is -1.40. The Morgan fingerprint density at radius 2 is 1.82 bits per heavy atom. The second-order valence-electron chi connectivity index (χ2n) is 6.35. The highest BCUT2D eigenvalue weighted by Gasteiger charge is 2.51. The summed E-state index contributed by atoms with van der Waals surface area (Å²) in [5.74, 6) is -0.861. The zero-order valence-corrected chi connectivity index (χ0v) is 13.4. The molecule has 1 heterocycles. The zero-order valence-electron chi connectivity index (χ0n) is 12.6. The molecule has 1 aliphatic carbocycles. The Kier molecular flexibility index (Phi) is 3.99. The van der Waals surface area contributed by atoms with Gasteiger partial charge in [0.1, 0.15) is 6.04 Å². The van der Waals surface area contributed by atoms with E-state index in [2.05, 4.69) is 0 Å². The van der Waals surface area contributed by atoms with Crippen LogP contribution in [-0.2, 0) is 14.8 Å². The molecule has 1 saturated heterocycles. The average molecular weight is 323 g/mol. The molecule has 22 heavy (non-hydrogen) atoms. The van der Waals surface area contributed by atoms with Gasteiger partial charge in [-0.1, -0.05) is 30.5 Å². The highest BCUT2D eigenvalue weighted by Crippen LogP contribution is 2.42. The van der Waals surface area contributed by atoms with E-state index >= 15 is 0 Å². The SMILES string of the molecule is Cc1ccc(S(=O)(=O)N2C(C(=O)O)C[C@@H]3CCCC[C@@H]32)cc1. The molecule has 3 atom stereocenters. The van der Waals surface area contributed by atoms with Gasteiger partial charge in [0, 0.05) is 6.04 Å². The first-order chi connectivity index (χ1) is 10.4. The van der Waals surface area contributed by atoms with Crippen LogP contribution < -0.4 is 0 Å². The van der Waals surface area contributed by atoms with Crippen LogP contribution in [0.25, 0.3) is 0 Å². The molecule has 3 rings (SSSR count). The number of carboxylic acid groups (broad SMARTS) is 1. The van der Waals surface area contributed by atoms with Crippen LogP contribution in [0.15, 0.2) is 29.2 Å². The van der Waals surface area contributed by atoms with Crippen molar-refractivity contribution in [3.63, 3.8) is 0 Å². The molecule has 0 spiro atoms. The van der Waals surface area contributed by atoms with Gasteiger partial charge < -0.3 is 5.11 Å². The fourth-order valence-electron chi connectivity index (χ4n) is 3.81. The Bertz CT molecular complexity index is 668. The number of carbonyl (C=O) groups is 1. The number of hydrogen-bond acceptors (Lipinski definition) is 3. The minimum atomic E-state index is -3.77. The molecular weight excluding hydrogens is 302 g/mol. The van der Waals surface area contributed by atoms with E-state index < -0.39 is 22.0 Å². The molecule has 2 fully saturated rings. The van der Waals surface area contributed by atoms with E-state index in [0.717, 1.165) is 31.2 Å². The molecule has 0 radical (unpaired) electrons. The molecule has 5 nitrogen and oxygen atoms in total. The van der Waals surface area contributed by atoms with Crippen LogP contribution in [0.3, 0.4) is 0 Å². The molecule has 1 N–H and O–H groups in total. The predicted octanol–water partition coefficient (Wildman–Crippen LogP) is 2.40. The maximum Gasteiger partial charge on any atom is 0.322 e. The summed E-state index contributed by atoms with van der Waals surface area (Å²) in [7, 11) is -3.77. The smallest absolute Gasteiger partial charge is 0.322 e. The second kappa shape index (κ2) is 5.66. The fourth-order valence-corrected chi connectivity index (χ4v) is 5.68. The molecule has 0 bridgehead atoms. The van der Waals surface area contributed by atoms with Crippen molar-refractivity contribution in [1.82, 2.24) is 4.31 Å². The van der Waals surface area contributed by atoms with Gasteiger partial charge in [-0.05, 0) is 44.2 Å². The molecule has 1 aliphatic heterocycles. The standard InChI is InChI=1S/C16H21NO4S/c1-11-6-8-13(9-7-11)22(20,21)17-14-5-3-2-4-12(14)10-15(17)16(18)19/h6-9,12,14-15H,2-5,10H2,1H3,(H,18,19)/t12-,14-,15?/m0/s1. The number of aryl methyl sites for hydroxylation is 1. The van der Waals surface area contributed by atoms with Gasteiger partial charge >= 0.3 is 5.97 Å². The second-order valence-corrected chi connectivity index (χ2v) is 8.19. The van der Waals surface area contributed by atoms with Gasteiger partial charge in [0.05, 0.1) is 4.90 Å². The van der Waals surface area contributed by atoms with E-state index in [1.54, 1.807) is 24.3 Å². The topological polar surface area (TPSA) is 74.7 Å². The van der Waals surface area contributed by atoms with E-state index in [1.807, 2.05) is 6.92 Å². The van der Waals surface area contributed by atoms with Crippen LogP contribution >= 0.6 is 0 Å². The van der Waals surface area contributed by atoms with Gasteiger partial charge in [0.15, 0.2) is 0 Å². The third-order valence-corrected chi connectivity index (χ3v) is 6.86. The average Bonchev–Trinajstić information content (AvgIpc) is 2.88. The number of fused-ring (bicyclic) bond motifs is 1. The number of aliphatic carboxylic acids is 1. The first kappa shape index (κ1) is 15.5. The predicted molar refractivity (Wildman–Crippen MR) is 82.0 cm³/mol. The van der Waals surface area contributed by atoms with Gasteiger partial charge in [0.2, 0.25) is 10.0 Å². The quantitative estimate of drug-likeness (QED) is 0.927. The van der Waals surface area contributed by atoms with Crippen molar-refractivity contribution >= 4 is 16.0 Å². The van der Waals surface area contributed by atoms with E-state index in [0.29, 0.717) is 6.42 Å². The molecule has 1 saturated carbocycles. The minimum absolute atomic E-state index is 0.166. The molecule has 6 heteroatoms. The van der Waals surface area contributed by atoms with Crippen LogP contribution in [0.2, 0.25) is 0 Å². The van der Waals surface area contributed by atoms with Gasteiger partial charge in [-0.15, -0.1) is 0 Å². The summed E-state index contributed by atoms with van der Waals surface area (Å²) in [6.07, 6.45) is 4.15. The Morgan fingerprint density at radius 1 is 1.18 bits per heavy atom. The first-order valence-electron chi connectivity index (χ1n) is 7.74. The molecule has 120 valence electrons. The molecule has 1 aromatic rings. The number of rotatable bonds is 3. The van der Waals surface area contributed by atoms with Crippen molar-refractivity contribution in [3.05, 3.63) is 29.8 Å². The Labute approximate surface area is 131 Å². The van der Waals surface area contributed by atoms with Crippen LogP contribution in [0, 0.1) is 12.8 Å². The lowest BCUT2D eigenvalue weighted by Gasteiger charge is -2.32. The lowest BCUT2D eigenvalue weighted by atomic mass is 9.85. The van der Waals surface area contributed by atoms with E-state index in [1.165, 1.54) is 4.31 Å². The van der Waals surface area contributed by atoms with Crippen molar-refractivity contribution in [2.75, 3.05) is 0 Å². The highest BCUT2D eigenvalue weighted by molar-refractivity contribution is 7.89. The van der Waals surface area contributed by atoms with Gasteiger partial charge in [-0.3, -0.25) is 4.79 Å². The maximum absolute atomic E-state index is 13.0. The molecule has 0 amide bonds. The molecule has 2 aliphatic rings. The number of carboxylic acids is 1.